The molecule has 0 aliphatic carbocycles. The second-order valence-electron chi connectivity index (χ2n) is 5.50. The maximum atomic E-state index is 10.9. The van der Waals surface area contributed by atoms with Gasteiger partial charge in [0.25, 0.3) is 0 Å². The van der Waals surface area contributed by atoms with Crippen molar-refractivity contribution in [1.82, 2.24) is 15.0 Å². The molecule has 1 atom stereocenters. The molecule has 1 unspecified atom stereocenters. The maximum Gasteiger partial charge on any atom is 0.305 e. The summed E-state index contributed by atoms with van der Waals surface area (Å²) in [6.45, 7) is 6.41. The summed E-state index contributed by atoms with van der Waals surface area (Å²) in [5, 5.41) is 12.9. The summed E-state index contributed by atoms with van der Waals surface area (Å²) < 4.78 is 10.5. The van der Waals surface area contributed by atoms with Crippen LogP contribution < -0.4 is 0 Å². The van der Waals surface area contributed by atoms with E-state index in [1.807, 2.05) is 4.90 Å². The van der Waals surface area contributed by atoms with Gasteiger partial charge in [0.05, 0.1) is 26.2 Å². The van der Waals surface area contributed by atoms with Crippen LogP contribution in [-0.2, 0) is 22.5 Å². The number of carbonyl (C=O) groups is 1. The number of carboxylic acids is 1. The first-order chi connectivity index (χ1) is 9.54. The molecule has 0 amide bonds. The molecule has 1 aliphatic rings. The summed E-state index contributed by atoms with van der Waals surface area (Å²) >= 11 is 0. The summed E-state index contributed by atoms with van der Waals surface area (Å²) in [4.78, 5) is 17.3. The van der Waals surface area contributed by atoms with Gasteiger partial charge in [-0.2, -0.15) is 4.98 Å². The van der Waals surface area contributed by atoms with Crippen LogP contribution in [0.1, 0.15) is 32.0 Å². The third-order valence-corrected chi connectivity index (χ3v) is 3.20. The molecule has 2 heterocycles. The molecule has 1 N–H and O–H groups in total. The summed E-state index contributed by atoms with van der Waals surface area (Å²) in [5.41, 5.74) is 0. The number of hydrogen-bond donors (Lipinski definition) is 1. The number of carboxylic acid groups (broad SMARTS) is 1. The van der Waals surface area contributed by atoms with Gasteiger partial charge in [-0.25, -0.2) is 0 Å². The largest absolute Gasteiger partial charge is 0.481 e. The van der Waals surface area contributed by atoms with Crippen molar-refractivity contribution in [1.29, 1.82) is 0 Å². The monoisotopic (exact) mass is 283 g/mol. The third-order valence-electron chi connectivity index (χ3n) is 3.20. The predicted molar refractivity (Wildman–Crippen MR) is 70.1 cm³/mol. The van der Waals surface area contributed by atoms with Crippen molar-refractivity contribution in [2.24, 2.45) is 5.92 Å². The molecule has 1 aliphatic heterocycles. The average molecular weight is 283 g/mol. The lowest BCUT2D eigenvalue weighted by atomic mass is 10.1. The molecule has 0 spiro atoms. The smallest absolute Gasteiger partial charge is 0.305 e. The fraction of sp³-hybridized carbons (Fsp3) is 0.769. The first-order valence-corrected chi connectivity index (χ1v) is 6.89. The Bertz CT molecular complexity index is 447. The van der Waals surface area contributed by atoms with Gasteiger partial charge in [0.1, 0.15) is 0 Å². The van der Waals surface area contributed by atoms with Crippen molar-refractivity contribution in [2.75, 3.05) is 19.8 Å². The molecular formula is C13H21N3O4. The molecule has 7 heteroatoms. The quantitative estimate of drug-likeness (QED) is 0.831. The molecule has 1 fully saturated rings. The van der Waals surface area contributed by atoms with E-state index in [9.17, 15) is 4.79 Å². The van der Waals surface area contributed by atoms with E-state index in [1.165, 1.54) is 0 Å². The van der Waals surface area contributed by atoms with Crippen LogP contribution >= 0.6 is 0 Å². The zero-order chi connectivity index (χ0) is 14.5. The van der Waals surface area contributed by atoms with Gasteiger partial charge < -0.3 is 14.4 Å². The molecule has 112 valence electrons. The normalized spacial score (nSPS) is 20.4. The van der Waals surface area contributed by atoms with Gasteiger partial charge in [-0.1, -0.05) is 19.0 Å². The van der Waals surface area contributed by atoms with E-state index in [4.69, 9.17) is 14.4 Å². The number of morpholine rings is 1. The van der Waals surface area contributed by atoms with Gasteiger partial charge in [0, 0.05) is 19.0 Å². The minimum atomic E-state index is -0.820. The van der Waals surface area contributed by atoms with E-state index in [-0.39, 0.29) is 12.5 Å². The highest BCUT2D eigenvalue weighted by atomic mass is 16.5. The van der Waals surface area contributed by atoms with Crippen LogP contribution in [0.4, 0.5) is 0 Å². The lowest BCUT2D eigenvalue weighted by Gasteiger charge is -2.33. The lowest BCUT2D eigenvalue weighted by molar-refractivity contribution is -0.140. The number of rotatable bonds is 6. The van der Waals surface area contributed by atoms with Crippen molar-refractivity contribution < 1.29 is 19.2 Å². The summed E-state index contributed by atoms with van der Waals surface area (Å²) in [6, 6.07) is -0.131. The van der Waals surface area contributed by atoms with Crippen LogP contribution in [-0.4, -0.2) is 51.9 Å². The van der Waals surface area contributed by atoms with E-state index in [2.05, 4.69) is 24.0 Å². The Morgan fingerprint density at radius 3 is 3.05 bits per heavy atom. The molecule has 20 heavy (non-hydrogen) atoms. The molecule has 1 aromatic heterocycles. The molecule has 0 saturated carbocycles. The Morgan fingerprint density at radius 1 is 1.55 bits per heavy atom. The van der Waals surface area contributed by atoms with Crippen LogP contribution in [0.25, 0.3) is 0 Å². The fourth-order valence-corrected chi connectivity index (χ4v) is 2.26. The minimum absolute atomic E-state index is 0.0662. The van der Waals surface area contributed by atoms with Gasteiger partial charge in [0.15, 0.2) is 5.82 Å². The Labute approximate surface area is 117 Å². The van der Waals surface area contributed by atoms with Gasteiger partial charge in [0.2, 0.25) is 5.89 Å². The fourth-order valence-electron chi connectivity index (χ4n) is 2.26. The molecule has 0 radical (unpaired) electrons. The van der Waals surface area contributed by atoms with E-state index in [0.717, 1.165) is 6.42 Å². The molecule has 1 aromatic rings. The second kappa shape index (κ2) is 6.81. The van der Waals surface area contributed by atoms with Crippen LogP contribution in [0, 0.1) is 5.92 Å². The second-order valence-corrected chi connectivity index (χ2v) is 5.50. The van der Waals surface area contributed by atoms with Crippen LogP contribution in [0.15, 0.2) is 4.52 Å². The van der Waals surface area contributed by atoms with Crippen molar-refractivity contribution in [3.63, 3.8) is 0 Å². The Hall–Kier alpha value is -1.47. The number of ether oxygens (including phenoxy) is 1. The highest BCUT2D eigenvalue weighted by Gasteiger charge is 2.26. The molecule has 2 rings (SSSR count). The van der Waals surface area contributed by atoms with Gasteiger partial charge >= 0.3 is 5.97 Å². The first-order valence-electron chi connectivity index (χ1n) is 6.89. The Balaban J connectivity index is 1.95. The first kappa shape index (κ1) is 14.9. The lowest BCUT2D eigenvalue weighted by Crippen LogP contribution is -2.46. The molecule has 1 saturated heterocycles. The Kier molecular flexibility index (Phi) is 5.08. The number of hydrogen-bond acceptors (Lipinski definition) is 6. The highest BCUT2D eigenvalue weighted by molar-refractivity contribution is 5.67. The van der Waals surface area contributed by atoms with Crippen LogP contribution in [0.2, 0.25) is 0 Å². The van der Waals surface area contributed by atoms with E-state index >= 15 is 0 Å². The minimum Gasteiger partial charge on any atom is -0.481 e. The van der Waals surface area contributed by atoms with E-state index in [1.54, 1.807) is 0 Å². The van der Waals surface area contributed by atoms with E-state index < -0.39 is 5.97 Å². The van der Waals surface area contributed by atoms with Crippen LogP contribution in [0.3, 0.4) is 0 Å². The third kappa shape index (κ3) is 4.28. The number of aromatic nitrogens is 2. The highest BCUT2D eigenvalue weighted by Crippen LogP contribution is 2.14. The summed E-state index contributed by atoms with van der Waals surface area (Å²) in [6.07, 6.45) is 0.825. The Morgan fingerprint density at radius 2 is 2.35 bits per heavy atom. The molecular weight excluding hydrogens is 262 g/mol. The van der Waals surface area contributed by atoms with Crippen molar-refractivity contribution in [3.05, 3.63) is 11.7 Å². The number of nitrogens with zero attached hydrogens (tertiary/aromatic N) is 3. The molecule has 0 aromatic carbocycles. The SMILES string of the molecule is CC(C)Cc1nc(CN2CCOCC2CC(=O)O)no1. The van der Waals surface area contributed by atoms with Gasteiger partial charge in [-0.15, -0.1) is 0 Å². The summed E-state index contributed by atoms with van der Waals surface area (Å²) in [5.74, 6) is 0.890. The maximum absolute atomic E-state index is 10.9. The van der Waals surface area contributed by atoms with Gasteiger partial charge in [-0.3, -0.25) is 9.69 Å². The van der Waals surface area contributed by atoms with Gasteiger partial charge in [-0.05, 0) is 5.92 Å². The standard InChI is InChI=1S/C13H21N3O4/c1-9(2)5-12-14-11(15-20-12)7-16-3-4-19-8-10(16)6-13(17)18/h9-10H,3-8H2,1-2H3,(H,17,18). The van der Waals surface area contributed by atoms with Crippen molar-refractivity contribution in [3.8, 4) is 0 Å². The van der Waals surface area contributed by atoms with Crippen LogP contribution in [0.5, 0.6) is 0 Å². The zero-order valence-electron chi connectivity index (χ0n) is 11.9. The predicted octanol–water partition coefficient (Wildman–Crippen LogP) is 0.944. The summed E-state index contributed by atoms with van der Waals surface area (Å²) in [7, 11) is 0. The molecule has 0 bridgehead atoms. The van der Waals surface area contributed by atoms with E-state index in [0.29, 0.717) is 43.9 Å². The zero-order valence-corrected chi connectivity index (χ0v) is 11.9. The number of aliphatic carboxylic acids is 1. The van der Waals surface area contributed by atoms with Crippen molar-refractivity contribution >= 4 is 5.97 Å². The molecule has 7 nitrogen and oxygen atoms in total. The topological polar surface area (TPSA) is 88.7 Å². The van der Waals surface area contributed by atoms with Crippen molar-refractivity contribution in [2.45, 2.75) is 39.3 Å². The average Bonchev–Trinajstić information content (AvgIpc) is 2.77.